The van der Waals surface area contributed by atoms with E-state index in [0.29, 0.717) is 0 Å². The maximum atomic E-state index is 7.27. The first kappa shape index (κ1) is 41.2. The van der Waals surface area contributed by atoms with Gasteiger partial charge in [-0.3, -0.25) is 0 Å². The largest absolute Gasteiger partial charge is 0.455 e. The van der Waals surface area contributed by atoms with Gasteiger partial charge in [0.1, 0.15) is 11.2 Å². The molecule has 0 amide bonds. The van der Waals surface area contributed by atoms with Gasteiger partial charge in [-0.15, -0.1) is 0 Å². The summed E-state index contributed by atoms with van der Waals surface area (Å²) in [7, 11) is -2.95. The average molecular weight is 953 g/mol. The number of para-hydroxylation sites is 3. The molecule has 3 nitrogen and oxygen atoms in total. The number of nitrogens with zero attached hydrogens (tertiary/aromatic N) is 2. The fraction of sp³-hybridized carbons (Fsp3) is 0.143. The van der Waals surface area contributed by atoms with Crippen molar-refractivity contribution in [1.82, 2.24) is 0 Å². The lowest BCUT2D eigenvalue weighted by molar-refractivity contribution is 0.332. The molecule has 9 aromatic carbocycles. The van der Waals surface area contributed by atoms with E-state index in [9.17, 15) is 0 Å². The topological polar surface area (TPSA) is 19.6 Å². The smallest absolute Gasteiger partial charge is 0.333 e. The number of fused-ring (bicyclic) bond motifs is 13. The van der Waals surface area contributed by atoms with E-state index < -0.39 is 8.07 Å². The second-order valence-electron chi connectivity index (χ2n) is 21.4. The van der Waals surface area contributed by atoms with Crippen molar-refractivity contribution >= 4 is 120 Å². The molecule has 0 fully saturated rings. The molecule has 1 aromatic heterocycles. The lowest BCUT2D eigenvalue weighted by atomic mass is 9.43. The highest BCUT2D eigenvalue weighted by atomic mass is 32.2. The van der Waals surface area contributed by atoms with Crippen LogP contribution in [0, 0.1) is 6.92 Å². The SMILES string of the molecule is Cc1cc2c(cc1N1c3cc4c(cc3B3c5c1cc1c(oc6ccccc61)c5-c1cccc5c1N3c1ccccc1[Si]5(c1ccccc1)c1ccccc1)Sc1ccccc1S4)C(C)(C)CCC2(C)C. The number of aryl methyl sites for hydroxylation is 1. The van der Waals surface area contributed by atoms with Crippen molar-refractivity contribution in [2.24, 2.45) is 0 Å². The van der Waals surface area contributed by atoms with Crippen LogP contribution in [0.5, 0.6) is 0 Å². The fourth-order valence-corrected chi connectivity index (χ4v) is 20.8. The summed E-state index contributed by atoms with van der Waals surface area (Å²) in [4.78, 5) is 10.7. The quantitative estimate of drug-likeness (QED) is 0.164. The Morgan fingerprint density at radius 1 is 0.529 bits per heavy atom. The standard InChI is InChI=1S/C63H49BN2OS2Si/c1-38-33-44-45(63(4,5)32-31-62(44,2)3)35-48(38)65-49-37-55-54(68-52-27-15-16-28-53(52)69-55)36-46(49)64-59-50(65)34-43-41-23-12-14-26-51(41)67-61(43)58(59)42-24-18-30-57-60(42)66(64)47-25-13-17-29-56(47)70(57,39-19-8-6-9-20-39)40-21-10-7-11-22-40/h6-30,33-37H,31-32H2,1-5H3. The van der Waals surface area contributed by atoms with Gasteiger partial charge in [-0.2, -0.15) is 0 Å². The lowest BCUT2D eigenvalue weighted by Crippen LogP contribution is -2.79. The third kappa shape index (κ3) is 5.41. The molecular weight excluding hydrogens is 904 g/mol. The summed E-state index contributed by atoms with van der Waals surface area (Å²) in [5.41, 5.74) is 17.6. The molecule has 336 valence electrons. The molecule has 0 N–H and O–H groups in total. The summed E-state index contributed by atoms with van der Waals surface area (Å²) in [6.45, 7) is 12.0. The maximum absolute atomic E-state index is 7.27. The Balaban J connectivity index is 1.12. The van der Waals surface area contributed by atoms with E-state index in [1.54, 1.807) is 0 Å². The van der Waals surface area contributed by atoms with Crippen LogP contribution < -0.4 is 41.4 Å². The van der Waals surface area contributed by atoms with Crippen molar-refractivity contribution < 1.29 is 4.42 Å². The van der Waals surface area contributed by atoms with Crippen LogP contribution in [0.15, 0.2) is 206 Å². The highest BCUT2D eigenvalue weighted by Gasteiger charge is 2.55. The summed E-state index contributed by atoms with van der Waals surface area (Å²) in [5, 5.41) is 7.91. The predicted molar refractivity (Wildman–Crippen MR) is 299 cm³/mol. The van der Waals surface area contributed by atoms with Gasteiger partial charge in [-0.25, -0.2) is 0 Å². The number of benzene rings is 9. The minimum Gasteiger partial charge on any atom is -0.455 e. The minimum atomic E-state index is -2.95. The molecule has 15 rings (SSSR count). The molecule has 1 aliphatic carbocycles. The summed E-state index contributed by atoms with van der Waals surface area (Å²) >= 11 is 3.83. The van der Waals surface area contributed by atoms with Gasteiger partial charge in [0.15, 0.2) is 8.07 Å². The van der Waals surface area contributed by atoms with Crippen LogP contribution in [0.2, 0.25) is 0 Å². The number of hydrogen-bond acceptors (Lipinski definition) is 5. The molecule has 0 atom stereocenters. The fourth-order valence-electron chi connectivity index (χ4n) is 13.4. The first-order valence-corrected chi connectivity index (χ1v) is 28.5. The summed E-state index contributed by atoms with van der Waals surface area (Å²) < 4.78 is 7.27. The van der Waals surface area contributed by atoms with Crippen molar-refractivity contribution in [3.8, 4) is 11.1 Å². The summed E-state index contributed by atoms with van der Waals surface area (Å²) in [5.74, 6) is 0. The second-order valence-corrected chi connectivity index (χ2v) is 27.3. The third-order valence-corrected chi connectivity index (χ3v) is 24.1. The Kier molecular flexibility index (Phi) is 8.51. The summed E-state index contributed by atoms with van der Waals surface area (Å²) in [6.07, 6.45) is 2.33. The zero-order chi connectivity index (χ0) is 46.8. The summed E-state index contributed by atoms with van der Waals surface area (Å²) in [6, 6.07) is 69.9. The highest BCUT2D eigenvalue weighted by molar-refractivity contribution is 8.05. The van der Waals surface area contributed by atoms with Gasteiger partial charge in [0, 0.05) is 69.9 Å². The van der Waals surface area contributed by atoms with Crippen molar-refractivity contribution in [3.63, 3.8) is 0 Å². The number of anilines is 5. The van der Waals surface area contributed by atoms with E-state index in [1.165, 1.54) is 114 Å². The van der Waals surface area contributed by atoms with Gasteiger partial charge in [0.05, 0.1) is 0 Å². The van der Waals surface area contributed by atoms with E-state index in [2.05, 4.69) is 226 Å². The predicted octanol–water partition coefficient (Wildman–Crippen LogP) is 13.3. The zero-order valence-corrected chi connectivity index (χ0v) is 42.6. The third-order valence-electron chi connectivity index (χ3n) is 16.7. The Bertz CT molecular complexity index is 3860. The first-order valence-electron chi connectivity index (χ1n) is 24.8. The lowest BCUT2D eigenvalue weighted by Gasteiger charge is -2.52. The number of rotatable bonds is 3. The Morgan fingerprint density at radius 2 is 1.14 bits per heavy atom. The molecule has 4 aliphatic heterocycles. The molecule has 0 saturated carbocycles. The highest BCUT2D eigenvalue weighted by Crippen LogP contribution is 2.56. The Morgan fingerprint density at radius 3 is 1.87 bits per heavy atom. The van der Waals surface area contributed by atoms with E-state index in [1.807, 2.05) is 23.5 Å². The van der Waals surface area contributed by atoms with Gasteiger partial charge < -0.3 is 14.1 Å². The normalized spacial score (nSPS) is 17.0. The zero-order valence-electron chi connectivity index (χ0n) is 39.9. The van der Waals surface area contributed by atoms with Gasteiger partial charge in [-0.05, 0) is 127 Å². The van der Waals surface area contributed by atoms with E-state index in [-0.39, 0.29) is 17.7 Å². The van der Waals surface area contributed by atoms with Crippen molar-refractivity contribution in [2.75, 3.05) is 9.71 Å². The Labute approximate surface area is 419 Å². The van der Waals surface area contributed by atoms with Crippen LogP contribution in [0.1, 0.15) is 57.2 Å². The molecule has 70 heavy (non-hydrogen) atoms. The molecule has 0 bridgehead atoms. The van der Waals surface area contributed by atoms with Gasteiger partial charge >= 0.3 is 6.85 Å². The molecule has 10 aromatic rings. The van der Waals surface area contributed by atoms with Crippen molar-refractivity contribution in [3.05, 3.63) is 199 Å². The molecule has 0 spiro atoms. The van der Waals surface area contributed by atoms with Gasteiger partial charge in [0.25, 0.3) is 0 Å². The Hall–Kier alpha value is -6.64. The second kappa shape index (κ2) is 14.5. The first-order chi connectivity index (χ1) is 34.1. The van der Waals surface area contributed by atoms with Crippen molar-refractivity contribution in [1.29, 1.82) is 0 Å². The number of furan rings is 1. The van der Waals surface area contributed by atoms with Crippen LogP contribution in [0.3, 0.4) is 0 Å². The minimum absolute atomic E-state index is 0.0331. The molecule has 7 heteroatoms. The number of hydrogen-bond donors (Lipinski definition) is 0. The molecule has 5 heterocycles. The average Bonchev–Trinajstić information content (AvgIpc) is 3.76. The van der Waals surface area contributed by atoms with Gasteiger partial charge in [0.2, 0.25) is 0 Å². The molecule has 0 saturated heterocycles. The monoisotopic (exact) mass is 952 g/mol. The molecule has 0 unspecified atom stereocenters. The maximum Gasteiger partial charge on any atom is 0.333 e. The molecule has 5 aliphatic rings. The van der Waals surface area contributed by atoms with Crippen LogP contribution in [0.25, 0.3) is 33.1 Å². The van der Waals surface area contributed by atoms with E-state index in [4.69, 9.17) is 4.42 Å². The molecule has 0 radical (unpaired) electrons. The molecular formula is C63H49BN2OS2Si. The van der Waals surface area contributed by atoms with Crippen LogP contribution in [0.4, 0.5) is 28.4 Å². The van der Waals surface area contributed by atoms with Crippen LogP contribution in [-0.2, 0) is 10.8 Å². The van der Waals surface area contributed by atoms with Crippen LogP contribution in [-0.4, -0.2) is 14.9 Å². The van der Waals surface area contributed by atoms with E-state index in [0.717, 1.165) is 28.4 Å². The van der Waals surface area contributed by atoms with E-state index >= 15 is 0 Å². The van der Waals surface area contributed by atoms with Crippen molar-refractivity contribution in [2.45, 2.75) is 77.9 Å². The van der Waals surface area contributed by atoms with Gasteiger partial charge in [-0.1, -0.05) is 185 Å². The van der Waals surface area contributed by atoms with Crippen LogP contribution >= 0.6 is 23.5 Å².